The highest BCUT2D eigenvalue weighted by Crippen LogP contribution is 2.13. The van der Waals surface area contributed by atoms with E-state index in [9.17, 15) is 4.79 Å². The highest BCUT2D eigenvalue weighted by Gasteiger charge is 2.25. The van der Waals surface area contributed by atoms with E-state index in [0.717, 1.165) is 19.5 Å². The lowest BCUT2D eigenvalue weighted by atomic mass is 10.2. The Hall–Kier alpha value is -0.770. The predicted molar refractivity (Wildman–Crippen MR) is 54.5 cm³/mol. The molecule has 0 bridgehead atoms. The molecule has 0 N–H and O–H groups in total. The molecule has 14 heavy (non-hydrogen) atoms. The summed E-state index contributed by atoms with van der Waals surface area (Å²) in [7, 11) is 1.74. The van der Waals surface area contributed by atoms with E-state index in [1.54, 1.807) is 12.1 Å². The average molecular weight is 199 g/mol. The normalized spacial score (nSPS) is 18.3. The van der Waals surface area contributed by atoms with Gasteiger partial charge in [-0.15, -0.1) is 0 Å². The molecule has 0 spiro atoms. The smallest absolute Gasteiger partial charge is 0.424 e. The second-order valence-corrected chi connectivity index (χ2v) is 4.49. The quantitative estimate of drug-likeness (QED) is 0.644. The van der Waals surface area contributed by atoms with Crippen molar-refractivity contribution in [1.29, 1.82) is 0 Å². The number of hydrogen-bond donors (Lipinski definition) is 0. The van der Waals surface area contributed by atoms with Crippen molar-refractivity contribution in [3.63, 3.8) is 0 Å². The van der Waals surface area contributed by atoms with Crippen LogP contribution in [0.5, 0.6) is 0 Å². The largest absolute Gasteiger partial charge is 0.443 e. The fraction of sp³-hybridized carbons (Fsp3) is 0.800. The van der Waals surface area contributed by atoms with Gasteiger partial charge in [-0.3, -0.25) is 0 Å². The molecule has 1 aliphatic heterocycles. The zero-order valence-corrected chi connectivity index (χ0v) is 9.41. The van der Waals surface area contributed by atoms with Gasteiger partial charge in [0.15, 0.2) is 0 Å². The maximum absolute atomic E-state index is 11.6. The van der Waals surface area contributed by atoms with E-state index in [2.05, 4.69) is 6.42 Å². The average Bonchev–Trinajstić information content (AvgIpc) is 2.51. The number of hydrogen-bond acceptors (Lipinski definition) is 3. The van der Waals surface area contributed by atoms with Crippen molar-refractivity contribution in [2.45, 2.75) is 32.8 Å². The molecule has 0 saturated carbocycles. The number of nitrogens with zero attached hydrogens (tertiary/aromatic N) is 2. The summed E-state index contributed by atoms with van der Waals surface area (Å²) in [6.07, 6.45) is 2.90. The van der Waals surface area contributed by atoms with Gasteiger partial charge >= 0.3 is 6.09 Å². The second kappa shape index (κ2) is 4.17. The molecule has 1 heterocycles. The molecule has 4 nitrogen and oxygen atoms in total. The maximum atomic E-state index is 11.6. The Morgan fingerprint density at radius 3 is 2.57 bits per heavy atom. The van der Waals surface area contributed by atoms with Crippen LogP contribution in [0.4, 0.5) is 4.79 Å². The monoisotopic (exact) mass is 199 g/mol. The summed E-state index contributed by atoms with van der Waals surface area (Å²) < 4.78 is 5.24. The molecule has 1 fully saturated rings. The first-order chi connectivity index (χ1) is 6.40. The number of carbonyl (C=O) groups is 1. The minimum absolute atomic E-state index is 0.284. The molecule has 0 aliphatic carbocycles. The van der Waals surface area contributed by atoms with E-state index in [0.29, 0.717) is 0 Å². The second-order valence-electron chi connectivity index (χ2n) is 4.49. The van der Waals surface area contributed by atoms with E-state index in [-0.39, 0.29) is 6.09 Å². The van der Waals surface area contributed by atoms with Crippen molar-refractivity contribution < 1.29 is 9.53 Å². The molecular formula is C10H19N2O2. The summed E-state index contributed by atoms with van der Waals surface area (Å²) >= 11 is 0. The van der Waals surface area contributed by atoms with E-state index in [1.807, 2.05) is 25.8 Å². The lowest BCUT2D eigenvalue weighted by Gasteiger charge is -2.30. The Morgan fingerprint density at radius 2 is 2.14 bits per heavy atom. The number of carbonyl (C=O) groups excluding carboxylic acids is 1. The molecule has 1 saturated heterocycles. The van der Waals surface area contributed by atoms with Crippen LogP contribution in [0.2, 0.25) is 0 Å². The van der Waals surface area contributed by atoms with Gasteiger partial charge in [0.25, 0.3) is 0 Å². The van der Waals surface area contributed by atoms with Crippen molar-refractivity contribution in [3.05, 3.63) is 6.42 Å². The van der Waals surface area contributed by atoms with Crippen LogP contribution in [0, 0.1) is 6.42 Å². The van der Waals surface area contributed by atoms with Crippen LogP contribution < -0.4 is 0 Å². The van der Waals surface area contributed by atoms with Crippen LogP contribution in [0.15, 0.2) is 0 Å². The molecular weight excluding hydrogens is 180 g/mol. The summed E-state index contributed by atoms with van der Waals surface area (Å²) in [5.74, 6) is 0. The van der Waals surface area contributed by atoms with Gasteiger partial charge < -0.3 is 4.74 Å². The first-order valence-electron chi connectivity index (χ1n) is 4.93. The van der Waals surface area contributed by atoms with Crippen molar-refractivity contribution in [2.24, 2.45) is 0 Å². The van der Waals surface area contributed by atoms with E-state index < -0.39 is 5.60 Å². The molecule has 0 unspecified atom stereocenters. The lowest BCUT2D eigenvalue weighted by molar-refractivity contribution is -0.0262. The van der Waals surface area contributed by atoms with Gasteiger partial charge in [0.2, 0.25) is 0 Å². The summed E-state index contributed by atoms with van der Waals surface area (Å²) in [5.41, 5.74) is -0.422. The minimum atomic E-state index is -0.422. The molecule has 1 aliphatic rings. The fourth-order valence-corrected chi connectivity index (χ4v) is 1.29. The third-order valence-electron chi connectivity index (χ3n) is 2.01. The first kappa shape index (κ1) is 11.3. The summed E-state index contributed by atoms with van der Waals surface area (Å²) in [6.45, 7) is 7.34. The molecule has 4 heteroatoms. The van der Waals surface area contributed by atoms with Gasteiger partial charge in [-0.2, -0.15) is 0 Å². The minimum Gasteiger partial charge on any atom is -0.443 e. The molecule has 0 aromatic carbocycles. The SMILES string of the molecule is CN(C(=O)OC(C)(C)C)N1C[CH]CC1. The highest BCUT2D eigenvalue weighted by atomic mass is 16.6. The van der Waals surface area contributed by atoms with Crippen LogP contribution in [-0.4, -0.2) is 41.8 Å². The molecule has 0 aromatic heterocycles. The van der Waals surface area contributed by atoms with Crippen molar-refractivity contribution >= 4 is 6.09 Å². The van der Waals surface area contributed by atoms with Crippen molar-refractivity contribution in [2.75, 3.05) is 20.1 Å². The van der Waals surface area contributed by atoms with E-state index in [4.69, 9.17) is 4.74 Å². The van der Waals surface area contributed by atoms with Crippen molar-refractivity contribution in [1.82, 2.24) is 10.0 Å². The Bertz CT molecular complexity index is 205. The summed E-state index contributed by atoms with van der Waals surface area (Å²) in [5, 5.41) is 3.52. The topological polar surface area (TPSA) is 32.8 Å². The molecule has 0 atom stereocenters. The number of ether oxygens (including phenoxy) is 1. The molecule has 81 valence electrons. The predicted octanol–water partition coefficient (Wildman–Crippen LogP) is 1.68. The molecule has 1 rings (SSSR count). The van der Waals surface area contributed by atoms with Gasteiger partial charge in [-0.25, -0.2) is 14.8 Å². The van der Waals surface area contributed by atoms with Crippen LogP contribution in [-0.2, 0) is 4.74 Å². The highest BCUT2D eigenvalue weighted by molar-refractivity contribution is 5.67. The van der Waals surface area contributed by atoms with Gasteiger partial charge in [-0.05, 0) is 33.6 Å². The third-order valence-corrected chi connectivity index (χ3v) is 2.01. The number of amides is 1. The van der Waals surface area contributed by atoms with Gasteiger partial charge in [-0.1, -0.05) is 0 Å². The Balaban J connectivity index is 2.43. The maximum Gasteiger partial charge on any atom is 0.424 e. The fourth-order valence-electron chi connectivity index (χ4n) is 1.29. The molecule has 0 aromatic rings. The number of rotatable bonds is 1. The summed E-state index contributed by atoms with van der Waals surface area (Å²) in [4.78, 5) is 11.6. The van der Waals surface area contributed by atoms with Gasteiger partial charge in [0.1, 0.15) is 5.60 Å². The molecule has 1 amide bonds. The first-order valence-corrected chi connectivity index (χ1v) is 4.93. The standard InChI is InChI=1S/C10H19N2O2/c1-10(2,3)14-9(13)11(4)12-7-5-6-8-12/h5H,6-8H2,1-4H3. The number of hydrazine groups is 1. The Kier molecular flexibility index (Phi) is 3.37. The van der Waals surface area contributed by atoms with Crippen LogP contribution in [0.25, 0.3) is 0 Å². The van der Waals surface area contributed by atoms with Gasteiger partial charge in [0, 0.05) is 20.1 Å². The third kappa shape index (κ3) is 3.18. The lowest BCUT2D eigenvalue weighted by Crippen LogP contribution is -2.44. The Labute approximate surface area is 85.8 Å². The zero-order valence-electron chi connectivity index (χ0n) is 9.41. The van der Waals surface area contributed by atoms with Crippen molar-refractivity contribution in [3.8, 4) is 0 Å². The van der Waals surface area contributed by atoms with Crippen LogP contribution in [0.3, 0.4) is 0 Å². The van der Waals surface area contributed by atoms with Gasteiger partial charge in [0.05, 0.1) is 0 Å². The summed E-state index contributed by atoms with van der Waals surface area (Å²) in [6, 6.07) is 0. The van der Waals surface area contributed by atoms with E-state index in [1.165, 1.54) is 0 Å². The van der Waals surface area contributed by atoms with Crippen LogP contribution >= 0.6 is 0 Å². The molecule has 1 radical (unpaired) electrons. The zero-order chi connectivity index (χ0) is 10.8. The Morgan fingerprint density at radius 1 is 1.50 bits per heavy atom. The van der Waals surface area contributed by atoms with E-state index >= 15 is 0 Å². The van der Waals surface area contributed by atoms with Crippen LogP contribution in [0.1, 0.15) is 27.2 Å².